The molecule has 0 saturated carbocycles. The zero-order valence-electron chi connectivity index (χ0n) is 13.7. The third-order valence-corrected chi connectivity index (χ3v) is 4.86. The molecule has 0 unspecified atom stereocenters. The van der Waals surface area contributed by atoms with Crippen LogP contribution in [0.1, 0.15) is 0 Å². The molecule has 1 amide bonds. The van der Waals surface area contributed by atoms with Crippen molar-refractivity contribution in [3.8, 4) is 23.0 Å². The van der Waals surface area contributed by atoms with Crippen molar-refractivity contribution in [2.75, 3.05) is 12.3 Å². The highest BCUT2D eigenvalue weighted by atomic mass is 35.5. The minimum atomic E-state index is -0.216. The Bertz CT molecular complexity index is 950. The Morgan fingerprint density at radius 2 is 1.92 bits per heavy atom. The van der Waals surface area contributed by atoms with Crippen LogP contribution >= 0.6 is 23.4 Å². The van der Waals surface area contributed by atoms with Crippen molar-refractivity contribution in [3.63, 3.8) is 0 Å². The fourth-order valence-electron chi connectivity index (χ4n) is 2.43. The summed E-state index contributed by atoms with van der Waals surface area (Å²) in [5.41, 5.74) is 2.68. The van der Waals surface area contributed by atoms with Crippen molar-refractivity contribution in [3.05, 3.63) is 65.8 Å². The van der Waals surface area contributed by atoms with Crippen LogP contribution in [0.25, 0.3) is 16.9 Å². The summed E-state index contributed by atoms with van der Waals surface area (Å²) in [6.07, 6.45) is 1.77. The summed E-state index contributed by atoms with van der Waals surface area (Å²) in [4.78, 5) is 16.3. The summed E-state index contributed by atoms with van der Waals surface area (Å²) in [5.74, 6) is -0.0521. The van der Waals surface area contributed by atoms with E-state index in [0.29, 0.717) is 10.2 Å². The monoisotopic (exact) mass is 382 g/mol. The third kappa shape index (κ3) is 4.07. The number of hydrogen-bond acceptors (Lipinski definition) is 4. The van der Waals surface area contributed by atoms with E-state index in [9.17, 15) is 4.79 Å². The lowest BCUT2D eigenvalue weighted by Gasteiger charge is -2.13. The van der Waals surface area contributed by atoms with Crippen molar-refractivity contribution in [1.29, 1.82) is 5.26 Å². The number of carbonyl (C=O) groups excluding carboxylic acids is 1. The van der Waals surface area contributed by atoms with E-state index < -0.39 is 0 Å². The molecule has 7 heteroatoms. The summed E-state index contributed by atoms with van der Waals surface area (Å²) >= 11 is 7.70. The van der Waals surface area contributed by atoms with Crippen LogP contribution in [0, 0.1) is 11.3 Å². The number of para-hydroxylation sites is 1. The molecule has 1 aromatic heterocycles. The zero-order valence-corrected chi connectivity index (χ0v) is 15.3. The number of nitrogens with one attached hydrogen (secondary N) is 1. The number of rotatable bonds is 6. The number of halogens is 1. The van der Waals surface area contributed by atoms with Crippen LogP contribution in [0.5, 0.6) is 0 Å². The third-order valence-electron chi connectivity index (χ3n) is 3.59. The van der Waals surface area contributed by atoms with Gasteiger partial charge in [-0.2, -0.15) is 5.26 Å². The molecule has 0 aliphatic carbocycles. The van der Waals surface area contributed by atoms with Crippen LogP contribution in [0.15, 0.2) is 66.0 Å². The predicted molar refractivity (Wildman–Crippen MR) is 103 cm³/mol. The second-order valence-corrected chi connectivity index (χ2v) is 6.65. The number of carbonyl (C=O) groups is 1. The molecular formula is C19H15ClN4OS. The van der Waals surface area contributed by atoms with E-state index in [1.165, 1.54) is 11.8 Å². The number of imidazole rings is 1. The maximum atomic E-state index is 11.8. The van der Waals surface area contributed by atoms with Crippen LogP contribution in [0.3, 0.4) is 0 Å². The molecule has 0 fully saturated rings. The zero-order chi connectivity index (χ0) is 18.4. The first kappa shape index (κ1) is 18.1. The smallest absolute Gasteiger partial charge is 0.231 e. The molecule has 0 saturated heterocycles. The van der Waals surface area contributed by atoms with Gasteiger partial charge >= 0.3 is 0 Å². The molecule has 3 rings (SSSR count). The average Bonchev–Trinajstić information content (AvgIpc) is 3.09. The largest absolute Gasteiger partial charge is 0.342 e. The van der Waals surface area contributed by atoms with E-state index >= 15 is 0 Å². The number of amides is 1. The fourth-order valence-corrected chi connectivity index (χ4v) is 3.47. The van der Waals surface area contributed by atoms with E-state index in [0.717, 1.165) is 16.9 Å². The summed E-state index contributed by atoms with van der Waals surface area (Å²) in [6, 6.07) is 19.3. The van der Waals surface area contributed by atoms with Gasteiger partial charge in [0.1, 0.15) is 6.54 Å². The molecule has 2 aromatic carbocycles. The van der Waals surface area contributed by atoms with Crippen molar-refractivity contribution >= 4 is 29.3 Å². The topological polar surface area (TPSA) is 70.7 Å². The molecule has 0 aliphatic rings. The number of nitriles is 1. The van der Waals surface area contributed by atoms with Gasteiger partial charge in [-0.15, -0.1) is 0 Å². The number of thioether (sulfide) groups is 1. The molecule has 1 N–H and O–H groups in total. The lowest BCUT2D eigenvalue weighted by Crippen LogP contribution is -2.25. The fraction of sp³-hybridized carbons (Fsp3) is 0.105. The molecule has 0 atom stereocenters. The second kappa shape index (κ2) is 8.56. The van der Waals surface area contributed by atoms with Gasteiger partial charge in [0.2, 0.25) is 5.91 Å². The van der Waals surface area contributed by atoms with Gasteiger partial charge in [0, 0.05) is 5.56 Å². The number of aromatic nitrogens is 2. The van der Waals surface area contributed by atoms with Gasteiger partial charge in [0.05, 0.1) is 34.4 Å². The van der Waals surface area contributed by atoms with Gasteiger partial charge in [-0.3, -0.25) is 9.36 Å². The summed E-state index contributed by atoms with van der Waals surface area (Å²) in [7, 11) is 0. The molecular weight excluding hydrogens is 368 g/mol. The van der Waals surface area contributed by atoms with Crippen molar-refractivity contribution in [1.82, 2.24) is 14.9 Å². The molecule has 0 radical (unpaired) electrons. The SMILES string of the molecule is N#CCNC(=O)CSc1ncc(-c2ccccc2)n1-c1ccccc1Cl. The van der Waals surface area contributed by atoms with Crippen LogP contribution in [-0.4, -0.2) is 27.8 Å². The van der Waals surface area contributed by atoms with Crippen LogP contribution in [0.4, 0.5) is 0 Å². The first-order chi connectivity index (χ1) is 12.7. The van der Waals surface area contributed by atoms with Crippen LogP contribution in [0.2, 0.25) is 5.02 Å². The van der Waals surface area contributed by atoms with Crippen molar-refractivity contribution in [2.24, 2.45) is 0 Å². The standard InChI is InChI=1S/C19H15ClN4OS/c20-15-8-4-5-9-16(15)24-17(14-6-2-1-3-7-14)12-23-19(24)26-13-18(25)22-11-10-21/h1-9,12H,11,13H2,(H,22,25). The highest BCUT2D eigenvalue weighted by Crippen LogP contribution is 2.32. The molecule has 26 heavy (non-hydrogen) atoms. The maximum absolute atomic E-state index is 11.8. The summed E-state index contributed by atoms with van der Waals surface area (Å²) in [5, 5.41) is 12.3. The molecule has 3 aromatic rings. The van der Waals surface area contributed by atoms with E-state index in [2.05, 4.69) is 10.3 Å². The van der Waals surface area contributed by atoms with Gasteiger partial charge in [-0.1, -0.05) is 65.8 Å². The lowest BCUT2D eigenvalue weighted by atomic mass is 10.1. The van der Waals surface area contributed by atoms with Gasteiger partial charge < -0.3 is 5.32 Å². The summed E-state index contributed by atoms with van der Waals surface area (Å²) in [6.45, 7) is -0.00634. The molecule has 5 nitrogen and oxygen atoms in total. The first-order valence-electron chi connectivity index (χ1n) is 7.85. The Hall–Kier alpha value is -2.75. The molecule has 0 bridgehead atoms. The van der Waals surface area contributed by atoms with Gasteiger partial charge in [-0.25, -0.2) is 4.98 Å². The van der Waals surface area contributed by atoms with Gasteiger partial charge in [0.25, 0.3) is 0 Å². The molecule has 130 valence electrons. The average molecular weight is 383 g/mol. The quantitative estimate of drug-likeness (QED) is 0.518. The molecule has 1 heterocycles. The van der Waals surface area contributed by atoms with Gasteiger partial charge in [0.15, 0.2) is 5.16 Å². The van der Waals surface area contributed by atoms with Crippen LogP contribution < -0.4 is 5.32 Å². The molecule has 0 aliphatic heterocycles. The second-order valence-electron chi connectivity index (χ2n) is 5.30. The highest BCUT2D eigenvalue weighted by Gasteiger charge is 2.17. The van der Waals surface area contributed by atoms with Crippen LogP contribution in [-0.2, 0) is 4.79 Å². The predicted octanol–water partition coefficient (Wildman–Crippen LogP) is 3.92. The highest BCUT2D eigenvalue weighted by molar-refractivity contribution is 7.99. The van der Waals surface area contributed by atoms with Crippen molar-refractivity contribution in [2.45, 2.75) is 5.16 Å². The van der Waals surface area contributed by atoms with Gasteiger partial charge in [-0.05, 0) is 12.1 Å². The Labute approximate surface area is 160 Å². The number of nitrogens with zero attached hydrogens (tertiary/aromatic N) is 3. The Balaban J connectivity index is 1.98. The Morgan fingerprint density at radius 3 is 2.65 bits per heavy atom. The normalized spacial score (nSPS) is 10.3. The minimum Gasteiger partial charge on any atom is -0.342 e. The van der Waals surface area contributed by atoms with E-state index in [1.807, 2.05) is 65.2 Å². The van der Waals surface area contributed by atoms with E-state index in [1.54, 1.807) is 6.20 Å². The first-order valence-corrected chi connectivity index (χ1v) is 9.21. The minimum absolute atomic E-state index is 0.00634. The Kier molecular flexibility index (Phi) is 5.95. The number of hydrogen-bond donors (Lipinski definition) is 1. The van der Waals surface area contributed by atoms with E-state index in [-0.39, 0.29) is 18.2 Å². The van der Waals surface area contributed by atoms with E-state index in [4.69, 9.17) is 16.9 Å². The lowest BCUT2D eigenvalue weighted by molar-refractivity contribution is -0.118. The Morgan fingerprint density at radius 1 is 1.19 bits per heavy atom. The van der Waals surface area contributed by atoms with Crippen molar-refractivity contribution < 1.29 is 4.79 Å². The maximum Gasteiger partial charge on any atom is 0.231 e. The summed E-state index contributed by atoms with van der Waals surface area (Å²) < 4.78 is 1.94. The molecule has 0 spiro atoms. The number of benzene rings is 2.